The van der Waals surface area contributed by atoms with Gasteiger partial charge in [-0.2, -0.15) is 0 Å². The lowest BCUT2D eigenvalue weighted by molar-refractivity contribution is -0.00834. The predicted octanol–water partition coefficient (Wildman–Crippen LogP) is 3.57. The van der Waals surface area contributed by atoms with E-state index in [1.54, 1.807) is 13.3 Å². The molecule has 1 aliphatic rings. The summed E-state index contributed by atoms with van der Waals surface area (Å²) in [6.07, 6.45) is 1.77. The molecule has 2 aromatic rings. The molecule has 0 aliphatic carbocycles. The Morgan fingerprint density at radius 2 is 2.10 bits per heavy atom. The van der Waals surface area contributed by atoms with E-state index in [2.05, 4.69) is 53.3 Å². The van der Waals surface area contributed by atoms with E-state index in [0.717, 1.165) is 31.2 Å². The molecule has 1 aliphatic heterocycles. The molecule has 31 heavy (non-hydrogen) atoms. The molecule has 7 nitrogen and oxygen atoms in total. The fraction of sp³-hybridized carbons (Fsp3) is 0.478. The van der Waals surface area contributed by atoms with Crippen LogP contribution >= 0.6 is 24.0 Å². The molecule has 1 aromatic heterocycles. The van der Waals surface area contributed by atoms with Crippen LogP contribution in [0.1, 0.15) is 29.7 Å². The van der Waals surface area contributed by atoms with Crippen molar-refractivity contribution in [2.75, 3.05) is 46.6 Å². The summed E-state index contributed by atoms with van der Waals surface area (Å²) in [6, 6.07) is 12.3. The number of morpholine rings is 1. The van der Waals surface area contributed by atoms with Gasteiger partial charge in [-0.3, -0.25) is 0 Å². The summed E-state index contributed by atoms with van der Waals surface area (Å²) in [5.74, 6) is 1.49. The van der Waals surface area contributed by atoms with Gasteiger partial charge in [0.05, 0.1) is 26.3 Å². The van der Waals surface area contributed by atoms with Gasteiger partial charge in [-0.05, 0) is 31.0 Å². The molecule has 1 aromatic carbocycles. The number of aliphatic imine (C=N–C) groups is 1. The van der Waals surface area contributed by atoms with E-state index in [1.807, 2.05) is 12.1 Å². The number of aryl methyl sites for hydroxylation is 1. The van der Waals surface area contributed by atoms with E-state index in [4.69, 9.17) is 19.2 Å². The van der Waals surface area contributed by atoms with Crippen LogP contribution in [0.15, 0.2) is 47.6 Å². The molecule has 1 N–H and O–H groups in total. The smallest absolute Gasteiger partial charge is 0.218 e. The number of hydrogen-bond acceptors (Lipinski definition) is 5. The first-order valence-electron chi connectivity index (χ1n) is 10.5. The van der Waals surface area contributed by atoms with Gasteiger partial charge in [-0.15, -0.1) is 24.0 Å². The van der Waals surface area contributed by atoms with E-state index in [9.17, 15) is 0 Å². The summed E-state index contributed by atoms with van der Waals surface area (Å²) < 4.78 is 16.9. The van der Waals surface area contributed by atoms with Crippen molar-refractivity contribution in [2.24, 2.45) is 4.99 Å². The average molecular weight is 540 g/mol. The highest BCUT2D eigenvalue weighted by Gasteiger charge is 2.25. The van der Waals surface area contributed by atoms with Crippen LogP contribution in [0.2, 0.25) is 0 Å². The fourth-order valence-electron chi connectivity index (χ4n) is 3.46. The van der Waals surface area contributed by atoms with E-state index in [-0.39, 0.29) is 30.1 Å². The molecule has 0 saturated carbocycles. The molecule has 170 valence electrons. The Kier molecular flexibility index (Phi) is 11.0. The molecular weight excluding hydrogens is 507 g/mol. The van der Waals surface area contributed by atoms with Crippen LogP contribution in [0.3, 0.4) is 0 Å². The van der Waals surface area contributed by atoms with Crippen molar-refractivity contribution in [3.05, 3.63) is 59.3 Å². The molecule has 3 rings (SSSR count). The first-order valence-corrected chi connectivity index (χ1v) is 10.5. The number of nitrogens with zero attached hydrogens (tertiary/aromatic N) is 3. The molecule has 2 heterocycles. The summed E-state index contributed by atoms with van der Waals surface area (Å²) in [7, 11) is 1.65. The monoisotopic (exact) mass is 540 g/mol. The van der Waals surface area contributed by atoms with Crippen LogP contribution in [0, 0.1) is 6.92 Å². The zero-order valence-corrected chi connectivity index (χ0v) is 20.9. The quantitative estimate of drug-likeness (QED) is 0.239. The Labute approximate surface area is 202 Å². The molecule has 0 bridgehead atoms. The van der Waals surface area contributed by atoms with Gasteiger partial charge in [0.25, 0.3) is 0 Å². The van der Waals surface area contributed by atoms with Crippen molar-refractivity contribution in [1.29, 1.82) is 0 Å². The Morgan fingerprint density at radius 1 is 1.26 bits per heavy atom. The molecule has 1 fully saturated rings. The lowest BCUT2D eigenvalue weighted by Gasteiger charge is -2.35. The lowest BCUT2D eigenvalue weighted by Crippen LogP contribution is -2.48. The molecular formula is C23H33IN4O3. The lowest BCUT2D eigenvalue weighted by atomic mass is 10.0. The number of rotatable bonds is 8. The van der Waals surface area contributed by atoms with Crippen molar-refractivity contribution in [3.63, 3.8) is 0 Å². The Hall–Kier alpha value is -1.91. The third-order valence-electron chi connectivity index (χ3n) is 5.01. The van der Waals surface area contributed by atoms with Crippen LogP contribution in [-0.2, 0) is 16.0 Å². The minimum absolute atomic E-state index is 0. The number of pyridine rings is 1. The number of aromatic nitrogens is 1. The Balaban J connectivity index is 0.00000341. The molecule has 0 spiro atoms. The molecule has 0 amide bonds. The van der Waals surface area contributed by atoms with Crippen molar-refractivity contribution in [3.8, 4) is 5.88 Å². The summed E-state index contributed by atoms with van der Waals surface area (Å²) in [5, 5.41) is 3.42. The number of nitrogens with one attached hydrogen (secondary N) is 1. The Bertz CT molecular complexity index is 834. The first-order chi connectivity index (χ1) is 14.7. The highest BCUT2D eigenvalue weighted by Crippen LogP contribution is 2.25. The number of halogens is 1. The normalized spacial score (nSPS) is 16.5. The first kappa shape index (κ1) is 25.4. The summed E-state index contributed by atoms with van der Waals surface area (Å²) in [6.45, 7) is 8.73. The topological polar surface area (TPSA) is 68.2 Å². The van der Waals surface area contributed by atoms with Crippen molar-refractivity contribution >= 4 is 29.9 Å². The summed E-state index contributed by atoms with van der Waals surface area (Å²) in [4.78, 5) is 11.5. The van der Waals surface area contributed by atoms with Crippen LogP contribution in [0.5, 0.6) is 5.88 Å². The van der Waals surface area contributed by atoms with Gasteiger partial charge >= 0.3 is 0 Å². The van der Waals surface area contributed by atoms with Gasteiger partial charge in [-0.1, -0.05) is 30.3 Å². The SMILES string of the molecule is CCNC(=NCc1cccnc1OCCOC)N1CCOC(c2ccccc2C)C1.I. The molecule has 0 radical (unpaired) electrons. The average Bonchev–Trinajstić information content (AvgIpc) is 2.78. The zero-order chi connectivity index (χ0) is 21.2. The second kappa shape index (κ2) is 13.5. The summed E-state index contributed by atoms with van der Waals surface area (Å²) in [5.41, 5.74) is 3.44. The van der Waals surface area contributed by atoms with Crippen molar-refractivity contribution < 1.29 is 14.2 Å². The number of methoxy groups -OCH3 is 1. The maximum atomic E-state index is 6.07. The molecule has 1 saturated heterocycles. The number of ether oxygens (including phenoxy) is 3. The third-order valence-corrected chi connectivity index (χ3v) is 5.01. The fourth-order valence-corrected chi connectivity index (χ4v) is 3.46. The molecule has 1 unspecified atom stereocenters. The van der Waals surface area contributed by atoms with Gasteiger partial charge in [-0.25, -0.2) is 9.98 Å². The van der Waals surface area contributed by atoms with Crippen LogP contribution in [0.25, 0.3) is 0 Å². The van der Waals surface area contributed by atoms with E-state index < -0.39 is 0 Å². The number of hydrogen-bond donors (Lipinski definition) is 1. The van der Waals surface area contributed by atoms with Gasteiger partial charge in [0, 0.05) is 32.0 Å². The molecule has 8 heteroatoms. The van der Waals surface area contributed by atoms with Gasteiger partial charge < -0.3 is 24.4 Å². The van der Waals surface area contributed by atoms with Gasteiger partial charge in [0.1, 0.15) is 12.7 Å². The minimum Gasteiger partial charge on any atom is -0.475 e. The third kappa shape index (κ3) is 7.33. The largest absolute Gasteiger partial charge is 0.475 e. The van der Waals surface area contributed by atoms with Gasteiger partial charge in [0.15, 0.2) is 5.96 Å². The minimum atomic E-state index is 0. The highest BCUT2D eigenvalue weighted by atomic mass is 127. The van der Waals surface area contributed by atoms with Crippen LogP contribution in [-0.4, -0.2) is 62.4 Å². The van der Waals surface area contributed by atoms with Crippen molar-refractivity contribution in [2.45, 2.75) is 26.5 Å². The second-order valence-electron chi connectivity index (χ2n) is 7.14. The Morgan fingerprint density at radius 3 is 2.87 bits per heavy atom. The van der Waals surface area contributed by atoms with Crippen molar-refractivity contribution in [1.82, 2.24) is 15.2 Å². The standard InChI is InChI=1S/C23H32N4O3.HI/c1-4-24-23(26-16-19-9-7-11-25-22(19)30-15-14-28-3)27-12-13-29-21(17-27)20-10-6-5-8-18(20)2;/h5-11,21H,4,12-17H2,1-3H3,(H,24,26);1H. The second-order valence-corrected chi connectivity index (χ2v) is 7.14. The van der Waals surface area contributed by atoms with E-state index in [0.29, 0.717) is 32.2 Å². The number of guanidine groups is 1. The van der Waals surface area contributed by atoms with Crippen LogP contribution < -0.4 is 10.1 Å². The molecule has 1 atom stereocenters. The predicted molar refractivity (Wildman–Crippen MR) is 133 cm³/mol. The number of benzene rings is 1. The van der Waals surface area contributed by atoms with Crippen LogP contribution in [0.4, 0.5) is 0 Å². The van der Waals surface area contributed by atoms with E-state index in [1.165, 1.54) is 11.1 Å². The zero-order valence-electron chi connectivity index (χ0n) is 18.5. The summed E-state index contributed by atoms with van der Waals surface area (Å²) >= 11 is 0. The van der Waals surface area contributed by atoms with Gasteiger partial charge in [0.2, 0.25) is 5.88 Å². The maximum Gasteiger partial charge on any atom is 0.218 e. The highest BCUT2D eigenvalue weighted by molar-refractivity contribution is 14.0. The maximum absolute atomic E-state index is 6.07. The van der Waals surface area contributed by atoms with E-state index >= 15 is 0 Å².